The van der Waals surface area contributed by atoms with Gasteiger partial charge in [0.2, 0.25) is 0 Å². The monoisotopic (exact) mass is 247 g/mol. The van der Waals surface area contributed by atoms with Gasteiger partial charge in [0.15, 0.2) is 0 Å². The van der Waals surface area contributed by atoms with E-state index in [1.165, 1.54) is 20.0 Å². The van der Waals surface area contributed by atoms with E-state index in [1.54, 1.807) is 0 Å². The van der Waals surface area contributed by atoms with E-state index in [1.807, 2.05) is 31.2 Å². The Morgan fingerprint density at radius 3 is 2.61 bits per heavy atom. The quantitative estimate of drug-likeness (QED) is 0.831. The molecule has 3 nitrogen and oxygen atoms in total. The number of hydrogen-bond donors (Lipinski definition) is 1. The molecule has 0 spiro atoms. The first-order chi connectivity index (χ1) is 8.72. The topological polar surface area (TPSA) is 38.3 Å². The van der Waals surface area contributed by atoms with E-state index in [9.17, 15) is 4.79 Å². The van der Waals surface area contributed by atoms with Crippen molar-refractivity contribution in [1.82, 2.24) is 5.32 Å². The number of carbonyl (C=O) groups excluding carboxylic acids is 1. The average Bonchev–Trinajstić information content (AvgIpc) is 2.89. The lowest BCUT2D eigenvalue weighted by Gasteiger charge is -2.22. The van der Waals surface area contributed by atoms with Gasteiger partial charge in [0, 0.05) is 6.04 Å². The molecule has 1 aromatic carbocycles. The Morgan fingerprint density at radius 1 is 1.33 bits per heavy atom. The van der Waals surface area contributed by atoms with Crippen molar-refractivity contribution in [2.24, 2.45) is 0 Å². The van der Waals surface area contributed by atoms with Crippen molar-refractivity contribution < 1.29 is 9.53 Å². The van der Waals surface area contributed by atoms with Gasteiger partial charge < -0.3 is 4.74 Å². The Labute approximate surface area is 109 Å². The van der Waals surface area contributed by atoms with Gasteiger partial charge in [-0.1, -0.05) is 37.1 Å². The van der Waals surface area contributed by atoms with Crippen molar-refractivity contribution in [1.29, 1.82) is 0 Å². The molecule has 98 valence electrons. The molecule has 1 saturated carbocycles. The van der Waals surface area contributed by atoms with Crippen LogP contribution in [0.25, 0.3) is 0 Å². The van der Waals surface area contributed by atoms with Crippen LogP contribution in [0.2, 0.25) is 0 Å². The Morgan fingerprint density at radius 2 is 2.00 bits per heavy atom. The summed E-state index contributed by atoms with van der Waals surface area (Å²) < 4.78 is 4.93. The van der Waals surface area contributed by atoms with Gasteiger partial charge in [0.25, 0.3) is 0 Å². The second kappa shape index (κ2) is 6.01. The maximum atomic E-state index is 12.0. The lowest BCUT2D eigenvalue weighted by molar-refractivity contribution is -0.143. The summed E-state index contributed by atoms with van der Waals surface area (Å²) in [5.41, 5.74) is 2.15. The van der Waals surface area contributed by atoms with E-state index < -0.39 is 0 Å². The molecule has 1 N–H and O–H groups in total. The second-order valence-electron chi connectivity index (χ2n) is 4.96. The summed E-state index contributed by atoms with van der Waals surface area (Å²) >= 11 is 0. The van der Waals surface area contributed by atoms with Crippen LogP contribution >= 0.6 is 0 Å². The smallest absolute Gasteiger partial charge is 0.327 e. The standard InChI is InChI=1S/C15H21NO2/c1-11-7-3-6-10-13(11)14(15(17)18-2)16-12-8-4-5-9-12/h3,6-7,10,12,14,16H,4-5,8-9H2,1-2H3. The van der Waals surface area contributed by atoms with Gasteiger partial charge in [0.05, 0.1) is 7.11 Å². The number of methoxy groups -OCH3 is 1. The molecule has 0 heterocycles. The normalized spacial score (nSPS) is 17.7. The maximum Gasteiger partial charge on any atom is 0.327 e. The van der Waals surface area contributed by atoms with E-state index in [-0.39, 0.29) is 12.0 Å². The fourth-order valence-corrected chi connectivity index (χ4v) is 2.64. The number of ether oxygens (including phenoxy) is 1. The van der Waals surface area contributed by atoms with Gasteiger partial charge >= 0.3 is 5.97 Å². The highest BCUT2D eigenvalue weighted by Crippen LogP contribution is 2.24. The highest BCUT2D eigenvalue weighted by molar-refractivity contribution is 5.78. The largest absolute Gasteiger partial charge is 0.468 e. The zero-order chi connectivity index (χ0) is 13.0. The van der Waals surface area contributed by atoms with Crippen molar-refractivity contribution in [2.75, 3.05) is 7.11 Å². The molecule has 0 saturated heterocycles. The van der Waals surface area contributed by atoms with Gasteiger partial charge in [-0.15, -0.1) is 0 Å². The molecule has 0 amide bonds. The fraction of sp³-hybridized carbons (Fsp3) is 0.533. The minimum Gasteiger partial charge on any atom is -0.468 e. The summed E-state index contributed by atoms with van der Waals surface area (Å²) in [5, 5.41) is 3.45. The first-order valence-corrected chi connectivity index (χ1v) is 6.62. The second-order valence-corrected chi connectivity index (χ2v) is 4.96. The Balaban J connectivity index is 2.19. The van der Waals surface area contributed by atoms with E-state index >= 15 is 0 Å². The zero-order valence-electron chi connectivity index (χ0n) is 11.1. The predicted octanol–water partition coefficient (Wildman–Crippen LogP) is 2.74. The van der Waals surface area contributed by atoms with Gasteiger partial charge in [0.1, 0.15) is 6.04 Å². The van der Waals surface area contributed by atoms with Crippen molar-refractivity contribution in [3.63, 3.8) is 0 Å². The number of rotatable bonds is 4. The molecule has 1 aliphatic rings. The molecule has 1 aliphatic carbocycles. The number of benzene rings is 1. The van der Waals surface area contributed by atoms with E-state index in [2.05, 4.69) is 5.32 Å². The molecule has 0 bridgehead atoms. The summed E-state index contributed by atoms with van der Waals surface area (Å²) in [7, 11) is 1.45. The van der Waals surface area contributed by atoms with Crippen LogP contribution < -0.4 is 5.32 Å². The molecule has 18 heavy (non-hydrogen) atoms. The van der Waals surface area contributed by atoms with Crippen LogP contribution in [-0.2, 0) is 9.53 Å². The van der Waals surface area contributed by atoms with Crippen molar-refractivity contribution >= 4 is 5.97 Å². The molecule has 0 aromatic heterocycles. The average molecular weight is 247 g/mol. The first kappa shape index (κ1) is 13.1. The lowest BCUT2D eigenvalue weighted by Crippen LogP contribution is -2.36. The van der Waals surface area contributed by atoms with Crippen LogP contribution in [0.3, 0.4) is 0 Å². The molecule has 1 atom stereocenters. The van der Waals surface area contributed by atoms with E-state index in [0.717, 1.165) is 24.0 Å². The molecule has 1 aromatic rings. The summed E-state index contributed by atoms with van der Waals surface area (Å²) in [5.74, 6) is -0.198. The molecule has 1 unspecified atom stereocenters. The van der Waals surface area contributed by atoms with Gasteiger partial charge in [-0.25, -0.2) is 4.79 Å². The maximum absolute atomic E-state index is 12.0. The number of nitrogens with one attached hydrogen (secondary N) is 1. The summed E-state index contributed by atoms with van der Waals surface area (Å²) in [4.78, 5) is 12.0. The molecular formula is C15H21NO2. The highest BCUT2D eigenvalue weighted by atomic mass is 16.5. The Hall–Kier alpha value is -1.35. The third kappa shape index (κ3) is 2.91. The summed E-state index contributed by atoms with van der Waals surface area (Å²) in [6.07, 6.45) is 4.80. The fourth-order valence-electron chi connectivity index (χ4n) is 2.64. The van der Waals surface area contributed by atoms with Gasteiger partial charge in [-0.2, -0.15) is 0 Å². The van der Waals surface area contributed by atoms with Crippen molar-refractivity contribution in [2.45, 2.75) is 44.7 Å². The Kier molecular flexibility index (Phi) is 4.37. The number of aryl methyl sites for hydroxylation is 1. The third-order valence-electron chi connectivity index (χ3n) is 3.69. The number of esters is 1. The molecule has 0 aliphatic heterocycles. The van der Waals surface area contributed by atoms with Crippen LogP contribution in [0.15, 0.2) is 24.3 Å². The first-order valence-electron chi connectivity index (χ1n) is 6.62. The minimum atomic E-state index is -0.334. The molecular weight excluding hydrogens is 226 g/mol. The van der Waals surface area contributed by atoms with Gasteiger partial charge in [-0.3, -0.25) is 5.32 Å². The molecule has 0 radical (unpaired) electrons. The van der Waals surface area contributed by atoms with Crippen molar-refractivity contribution in [3.8, 4) is 0 Å². The summed E-state index contributed by atoms with van der Waals surface area (Å²) in [6, 6.07) is 8.09. The predicted molar refractivity (Wildman–Crippen MR) is 71.3 cm³/mol. The van der Waals surface area contributed by atoms with Crippen molar-refractivity contribution in [3.05, 3.63) is 35.4 Å². The van der Waals surface area contributed by atoms with Crippen LogP contribution in [0.4, 0.5) is 0 Å². The number of hydrogen-bond acceptors (Lipinski definition) is 3. The summed E-state index contributed by atoms with van der Waals surface area (Å²) in [6.45, 7) is 2.03. The third-order valence-corrected chi connectivity index (χ3v) is 3.69. The van der Waals surface area contributed by atoms with Crippen LogP contribution in [0, 0.1) is 6.92 Å². The zero-order valence-corrected chi connectivity index (χ0v) is 11.1. The van der Waals surface area contributed by atoms with Crippen LogP contribution in [0.5, 0.6) is 0 Å². The van der Waals surface area contributed by atoms with Crippen LogP contribution in [0.1, 0.15) is 42.9 Å². The molecule has 3 heteroatoms. The molecule has 2 rings (SSSR count). The van der Waals surface area contributed by atoms with Gasteiger partial charge in [-0.05, 0) is 30.9 Å². The van der Waals surface area contributed by atoms with E-state index in [4.69, 9.17) is 4.74 Å². The highest BCUT2D eigenvalue weighted by Gasteiger charge is 2.27. The SMILES string of the molecule is COC(=O)C(NC1CCCC1)c1ccccc1C. The minimum absolute atomic E-state index is 0.198. The van der Waals surface area contributed by atoms with E-state index in [0.29, 0.717) is 6.04 Å². The Bertz CT molecular complexity index is 411. The molecule has 1 fully saturated rings. The number of carbonyl (C=O) groups is 1. The van der Waals surface area contributed by atoms with Crippen LogP contribution in [-0.4, -0.2) is 19.1 Å². The lowest BCUT2D eigenvalue weighted by atomic mass is 10.0.